The first kappa shape index (κ1) is 36.7. The van der Waals surface area contributed by atoms with E-state index in [1.165, 1.54) is 205 Å². The summed E-state index contributed by atoms with van der Waals surface area (Å²) in [4.78, 5) is 0. The van der Waals surface area contributed by atoms with Crippen LogP contribution in [0, 0.1) is 0 Å². The van der Waals surface area contributed by atoms with Crippen molar-refractivity contribution < 1.29 is 0 Å². The summed E-state index contributed by atoms with van der Waals surface area (Å²) in [7, 11) is 0. The smallest absolute Gasteiger partial charge is 0.00773 e. The summed E-state index contributed by atoms with van der Waals surface area (Å²) in [6.07, 6.45) is 50.8. The summed E-state index contributed by atoms with van der Waals surface area (Å²) in [6.45, 7) is 3.16. The largest absolute Gasteiger partial charge is 0.330 e. The molecule has 222 valence electrons. The van der Waals surface area contributed by atoms with E-state index in [9.17, 15) is 0 Å². The van der Waals surface area contributed by atoms with Crippen molar-refractivity contribution in [2.75, 3.05) is 6.54 Å². The maximum atomic E-state index is 5.53. The van der Waals surface area contributed by atoms with Gasteiger partial charge in [-0.05, 0) is 38.6 Å². The van der Waals surface area contributed by atoms with Crippen molar-refractivity contribution >= 4 is 0 Å². The van der Waals surface area contributed by atoms with Crippen LogP contribution in [0.3, 0.4) is 0 Å². The summed E-state index contributed by atoms with van der Waals surface area (Å²) in [5.41, 5.74) is 5.53. The minimum Gasteiger partial charge on any atom is -0.330 e. The van der Waals surface area contributed by atoms with Gasteiger partial charge < -0.3 is 5.73 Å². The molecule has 0 atom stereocenters. The van der Waals surface area contributed by atoms with Crippen LogP contribution in [0.5, 0.6) is 0 Å². The molecule has 0 saturated heterocycles. The van der Waals surface area contributed by atoms with Gasteiger partial charge in [0.05, 0.1) is 0 Å². The molecule has 2 N–H and O–H groups in total. The third kappa shape index (κ3) is 35.7. The topological polar surface area (TPSA) is 26.0 Å². The van der Waals surface area contributed by atoms with Crippen LogP contribution in [0.2, 0.25) is 0 Å². The molecule has 0 fully saturated rings. The highest BCUT2D eigenvalue weighted by Crippen LogP contribution is 2.16. The fourth-order valence-electron chi connectivity index (χ4n) is 5.57. The molecule has 0 rings (SSSR count). The Morgan fingerprint density at radius 2 is 0.514 bits per heavy atom. The van der Waals surface area contributed by atoms with Gasteiger partial charge in [-0.3, -0.25) is 0 Å². The van der Waals surface area contributed by atoms with Crippen molar-refractivity contribution in [2.24, 2.45) is 5.73 Å². The predicted octanol–water partition coefficient (Wildman–Crippen LogP) is 13.0. The van der Waals surface area contributed by atoms with E-state index in [4.69, 9.17) is 5.73 Å². The molecule has 0 aliphatic carbocycles. The van der Waals surface area contributed by atoms with Gasteiger partial charge in [-0.15, -0.1) is 0 Å². The lowest BCUT2D eigenvalue weighted by atomic mass is 10.0. The van der Waals surface area contributed by atoms with Crippen LogP contribution in [-0.4, -0.2) is 6.54 Å². The van der Waals surface area contributed by atoms with Crippen LogP contribution in [0.4, 0.5) is 0 Å². The molecule has 0 amide bonds. The highest BCUT2D eigenvalue weighted by molar-refractivity contribution is 4.81. The first-order valence-corrected chi connectivity index (χ1v) is 17.8. The highest BCUT2D eigenvalue weighted by atomic mass is 14.5. The molecule has 0 aromatic heterocycles. The molecule has 0 unspecified atom stereocenters. The molecule has 0 spiro atoms. The first-order chi connectivity index (χ1) is 18.4. The zero-order valence-electron chi connectivity index (χ0n) is 26.1. The lowest BCUT2D eigenvalue weighted by Gasteiger charge is -2.04. The average molecular weight is 520 g/mol. The molecule has 0 aromatic carbocycles. The molecule has 1 heteroatoms. The zero-order chi connectivity index (χ0) is 26.7. The minimum atomic E-state index is 0.857. The third-order valence-corrected chi connectivity index (χ3v) is 8.22. The van der Waals surface area contributed by atoms with Crippen LogP contribution in [0.15, 0.2) is 12.2 Å². The van der Waals surface area contributed by atoms with Gasteiger partial charge in [0.1, 0.15) is 0 Å². The molecule has 37 heavy (non-hydrogen) atoms. The average Bonchev–Trinajstić information content (AvgIpc) is 2.91. The van der Waals surface area contributed by atoms with Crippen LogP contribution in [0.25, 0.3) is 0 Å². The fourth-order valence-corrected chi connectivity index (χ4v) is 5.57. The van der Waals surface area contributed by atoms with Crippen LogP contribution >= 0.6 is 0 Å². The first-order valence-electron chi connectivity index (χ1n) is 17.8. The molecule has 0 bridgehead atoms. The van der Waals surface area contributed by atoms with E-state index in [0.717, 1.165) is 6.54 Å². The van der Waals surface area contributed by atoms with E-state index in [2.05, 4.69) is 19.1 Å². The van der Waals surface area contributed by atoms with Crippen LogP contribution in [-0.2, 0) is 0 Å². The number of rotatable bonds is 33. The van der Waals surface area contributed by atoms with Gasteiger partial charge in [0.15, 0.2) is 0 Å². The Morgan fingerprint density at radius 3 is 0.757 bits per heavy atom. The van der Waals surface area contributed by atoms with Gasteiger partial charge in [0.25, 0.3) is 0 Å². The maximum Gasteiger partial charge on any atom is -0.00773 e. The summed E-state index contributed by atoms with van der Waals surface area (Å²) >= 11 is 0. The quantitative estimate of drug-likeness (QED) is 0.0677. The predicted molar refractivity (Wildman–Crippen MR) is 172 cm³/mol. The monoisotopic (exact) mass is 520 g/mol. The Labute approximate surface area is 236 Å². The Kier molecular flexibility index (Phi) is 35.4. The van der Waals surface area contributed by atoms with E-state index in [1.807, 2.05) is 0 Å². The summed E-state index contributed by atoms with van der Waals surface area (Å²) in [5.74, 6) is 0. The van der Waals surface area contributed by atoms with E-state index >= 15 is 0 Å². The Balaban J connectivity index is 3.04. The maximum absolute atomic E-state index is 5.53. The molecular formula is C36H73N. The molecule has 0 saturated carbocycles. The SMILES string of the molecule is CCCCCCCCCCCCCCCCCCCCCCCCCCCC/C=C\CCCCCCN. The van der Waals surface area contributed by atoms with Gasteiger partial charge >= 0.3 is 0 Å². The number of unbranched alkanes of at least 4 members (excludes halogenated alkanes) is 30. The van der Waals surface area contributed by atoms with Gasteiger partial charge in [-0.1, -0.05) is 192 Å². The molecule has 0 aliphatic heterocycles. The van der Waals surface area contributed by atoms with Crippen molar-refractivity contribution in [3.8, 4) is 0 Å². The van der Waals surface area contributed by atoms with Crippen molar-refractivity contribution in [3.05, 3.63) is 12.2 Å². The second kappa shape index (κ2) is 35.7. The normalized spacial score (nSPS) is 11.7. The van der Waals surface area contributed by atoms with Crippen LogP contribution < -0.4 is 5.73 Å². The Hall–Kier alpha value is -0.300. The second-order valence-corrected chi connectivity index (χ2v) is 12.1. The van der Waals surface area contributed by atoms with E-state index in [1.54, 1.807) is 0 Å². The number of nitrogens with two attached hydrogens (primary N) is 1. The van der Waals surface area contributed by atoms with Crippen LogP contribution in [0.1, 0.15) is 212 Å². The molecular weight excluding hydrogens is 446 g/mol. The van der Waals surface area contributed by atoms with Gasteiger partial charge in [-0.2, -0.15) is 0 Å². The third-order valence-electron chi connectivity index (χ3n) is 8.22. The lowest BCUT2D eigenvalue weighted by molar-refractivity contribution is 0.515. The van der Waals surface area contributed by atoms with Crippen molar-refractivity contribution in [1.29, 1.82) is 0 Å². The van der Waals surface area contributed by atoms with E-state index in [-0.39, 0.29) is 0 Å². The van der Waals surface area contributed by atoms with Crippen molar-refractivity contribution in [2.45, 2.75) is 212 Å². The molecule has 1 nitrogen and oxygen atoms in total. The number of allylic oxidation sites excluding steroid dienone is 2. The lowest BCUT2D eigenvalue weighted by Crippen LogP contribution is -1.97. The number of hydrogen-bond donors (Lipinski definition) is 1. The Morgan fingerprint density at radius 1 is 0.297 bits per heavy atom. The minimum absolute atomic E-state index is 0.857. The van der Waals surface area contributed by atoms with Gasteiger partial charge in [0, 0.05) is 0 Å². The summed E-state index contributed by atoms with van der Waals surface area (Å²) in [6, 6.07) is 0. The van der Waals surface area contributed by atoms with E-state index in [0.29, 0.717) is 0 Å². The zero-order valence-corrected chi connectivity index (χ0v) is 26.1. The summed E-state index contributed by atoms with van der Waals surface area (Å²) in [5, 5.41) is 0. The van der Waals surface area contributed by atoms with Crippen molar-refractivity contribution in [3.63, 3.8) is 0 Å². The number of hydrogen-bond acceptors (Lipinski definition) is 1. The van der Waals surface area contributed by atoms with Gasteiger partial charge in [0.2, 0.25) is 0 Å². The van der Waals surface area contributed by atoms with Gasteiger partial charge in [-0.25, -0.2) is 0 Å². The molecule has 0 aliphatic rings. The standard InChI is InChI=1S/C36H73N/c1-2-3-4-5-6-7-8-9-10-11-12-13-14-15-16-17-18-19-20-21-22-23-24-25-26-27-28-29-30-31-32-33-34-35-36-37/h29-30H,2-28,31-37H2,1H3/b30-29-. The highest BCUT2D eigenvalue weighted by Gasteiger charge is 1.96. The molecule has 0 radical (unpaired) electrons. The second-order valence-electron chi connectivity index (χ2n) is 12.1. The molecule has 0 heterocycles. The fraction of sp³-hybridized carbons (Fsp3) is 0.944. The van der Waals surface area contributed by atoms with Crippen molar-refractivity contribution in [1.82, 2.24) is 0 Å². The van der Waals surface area contributed by atoms with E-state index < -0.39 is 0 Å². The summed E-state index contributed by atoms with van der Waals surface area (Å²) < 4.78 is 0. The Bertz CT molecular complexity index is 401. The molecule has 0 aromatic rings.